The number of likely N-dealkylation sites (tertiary alicyclic amines) is 1. The Balaban J connectivity index is 1.57. The van der Waals surface area contributed by atoms with E-state index in [1.807, 2.05) is 4.90 Å². The molecule has 1 amide bonds. The van der Waals surface area contributed by atoms with Crippen molar-refractivity contribution in [1.82, 2.24) is 10.2 Å². The van der Waals surface area contributed by atoms with E-state index in [4.69, 9.17) is 16.9 Å². The maximum Gasteiger partial charge on any atom is 0.239 e. The van der Waals surface area contributed by atoms with Crippen LogP contribution in [0.15, 0.2) is 24.3 Å². The molecule has 1 saturated heterocycles. The number of piperidine rings is 1. The molecule has 0 radical (unpaired) electrons. The molecule has 7 heteroatoms. The predicted octanol–water partition coefficient (Wildman–Crippen LogP) is 3.15. The number of halogens is 1. The average Bonchev–Trinajstić information content (AvgIpc) is 2.78. The fraction of sp³-hybridized carbons (Fsp3) is 0.667. The van der Waals surface area contributed by atoms with Crippen molar-refractivity contribution in [3.63, 3.8) is 0 Å². The van der Waals surface area contributed by atoms with Crippen LogP contribution >= 0.6 is 0 Å². The molecule has 31 heavy (non-hydrogen) atoms. The van der Waals surface area contributed by atoms with Gasteiger partial charge in [0, 0.05) is 19.6 Å². The van der Waals surface area contributed by atoms with E-state index in [0.29, 0.717) is 6.42 Å². The molecule has 1 aromatic carbocycles. The van der Waals surface area contributed by atoms with E-state index in [1.165, 1.54) is 44.2 Å². The summed E-state index contributed by atoms with van der Waals surface area (Å²) < 4.78 is 13.1. The summed E-state index contributed by atoms with van der Waals surface area (Å²) in [6.45, 7) is 2.24. The van der Waals surface area contributed by atoms with Crippen molar-refractivity contribution >= 4 is 11.9 Å². The van der Waals surface area contributed by atoms with Crippen LogP contribution in [0.1, 0.15) is 63.4 Å². The Labute approximate surface area is 185 Å². The Kier molecular flexibility index (Phi) is 8.29. The fourth-order valence-corrected chi connectivity index (χ4v) is 5.61. The third kappa shape index (κ3) is 6.42. The Morgan fingerprint density at radius 3 is 2.45 bits per heavy atom. The summed E-state index contributed by atoms with van der Waals surface area (Å²) in [5.74, 6) is 0.475. The van der Waals surface area contributed by atoms with Crippen molar-refractivity contribution in [3.8, 4) is 0 Å². The van der Waals surface area contributed by atoms with Crippen molar-refractivity contribution in [3.05, 3.63) is 35.6 Å². The molecule has 6 N–H and O–H groups in total. The van der Waals surface area contributed by atoms with Crippen molar-refractivity contribution in [1.29, 1.82) is 5.41 Å². The molecule has 6 nitrogen and oxygen atoms in total. The lowest BCUT2D eigenvalue weighted by atomic mass is 9.61. The van der Waals surface area contributed by atoms with Gasteiger partial charge in [0.25, 0.3) is 0 Å². The van der Waals surface area contributed by atoms with Crippen molar-refractivity contribution in [2.24, 2.45) is 22.8 Å². The van der Waals surface area contributed by atoms with Gasteiger partial charge < -0.3 is 21.7 Å². The highest BCUT2D eigenvalue weighted by Crippen LogP contribution is 2.48. The molecule has 172 valence electrons. The van der Waals surface area contributed by atoms with Gasteiger partial charge >= 0.3 is 0 Å². The monoisotopic (exact) mass is 431 g/mol. The van der Waals surface area contributed by atoms with Gasteiger partial charge in [-0.2, -0.15) is 0 Å². The lowest BCUT2D eigenvalue weighted by Gasteiger charge is -2.48. The van der Waals surface area contributed by atoms with Crippen LogP contribution in [0, 0.1) is 22.6 Å². The Bertz CT molecular complexity index is 724. The zero-order chi connectivity index (χ0) is 22.3. The van der Waals surface area contributed by atoms with Crippen molar-refractivity contribution < 1.29 is 9.18 Å². The zero-order valence-corrected chi connectivity index (χ0v) is 18.5. The second kappa shape index (κ2) is 10.9. The Hall–Kier alpha value is -2.15. The minimum absolute atomic E-state index is 0.000171. The van der Waals surface area contributed by atoms with Gasteiger partial charge in [-0.1, -0.05) is 31.4 Å². The summed E-state index contributed by atoms with van der Waals surface area (Å²) in [6.07, 6.45) is 11.1. The molecule has 1 saturated carbocycles. The molecule has 0 aromatic heterocycles. The normalized spacial score (nSPS) is 20.3. The van der Waals surface area contributed by atoms with Crippen LogP contribution in [0.3, 0.4) is 0 Å². The second-order valence-corrected chi connectivity index (χ2v) is 9.40. The van der Waals surface area contributed by atoms with Gasteiger partial charge in [0.2, 0.25) is 5.91 Å². The van der Waals surface area contributed by atoms with Crippen LogP contribution in [-0.2, 0) is 11.2 Å². The van der Waals surface area contributed by atoms with E-state index < -0.39 is 6.04 Å². The van der Waals surface area contributed by atoms with Crippen LogP contribution in [0.4, 0.5) is 4.39 Å². The Morgan fingerprint density at radius 1 is 1.19 bits per heavy atom. The molecule has 2 fully saturated rings. The van der Waals surface area contributed by atoms with Crippen LogP contribution in [-0.4, -0.2) is 42.4 Å². The number of hydrogen-bond donors (Lipinski definition) is 4. The van der Waals surface area contributed by atoms with Crippen molar-refractivity contribution in [2.75, 3.05) is 19.6 Å². The molecule has 0 spiro atoms. The van der Waals surface area contributed by atoms with E-state index in [1.54, 1.807) is 12.1 Å². The largest absolute Gasteiger partial charge is 0.370 e. The first-order chi connectivity index (χ1) is 14.9. The van der Waals surface area contributed by atoms with Gasteiger partial charge in [0.15, 0.2) is 5.96 Å². The third-order valence-electron chi connectivity index (χ3n) is 7.40. The number of rotatable bonds is 8. The molecular formula is C24H38FN5O. The molecule has 3 rings (SSSR count). The molecule has 2 aliphatic rings. The maximum absolute atomic E-state index is 13.1. The fourth-order valence-electron chi connectivity index (χ4n) is 5.61. The van der Waals surface area contributed by atoms with Gasteiger partial charge in [0.1, 0.15) is 5.82 Å². The highest BCUT2D eigenvalue weighted by molar-refractivity contribution is 5.82. The molecule has 1 aliphatic heterocycles. The molecule has 1 atom stereocenters. The molecule has 1 heterocycles. The first-order valence-corrected chi connectivity index (χ1v) is 11.8. The number of nitrogens with two attached hydrogens (primary N) is 2. The Morgan fingerprint density at radius 2 is 1.84 bits per heavy atom. The van der Waals surface area contributed by atoms with Crippen molar-refractivity contribution in [2.45, 2.75) is 70.3 Å². The third-order valence-corrected chi connectivity index (χ3v) is 7.40. The number of benzene rings is 1. The minimum Gasteiger partial charge on any atom is -0.370 e. The molecule has 1 unspecified atom stereocenters. The lowest BCUT2D eigenvalue weighted by Crippen LogP contribution is -2.51. The van der Waals surface area contributed by atoms with Gasteiger partial charge in [-0.25, -0.2) is 4.39 Å². The molecule has 0 bridgehead atoms. The van der Waals surface area contributed by atoms with Crippen LogP contribution in [0.25, 0.3) is 0 Å². The van der Waals surface area contributed by atoms with E-state index in [0.717, 1.165) is 56.8 Å². The standard InChI is InChI=1S/C24H38FN5O/c25-20-9-7-18(8-10-20)17-21(26)22(31)30-15-12-24(13-16-30,11-4-14-29-23(27)28)19-5-2-1-3-6-19/h7-10,19,21H,1-6,11-17,26H2,(H4,27,28,29). The summed E-state index contributed by atoms with van der Waals surface area (Å²) in [6, 6.07) is 5.62. The summed E-state index contributed by atoms with van der Waals surface area (Å²) >= 11 is 0. The number of nitrogens with zero attached hydrogens (tertiary/aromatic N) is 1. The number of amides is 1. The predicted molar refractivity (Wildman–Crippen MR) is 122 cm³/mol. The van der Waals surface area contributed by atoms with Crippen LogP contribution in [0.2, 0.25) is 0 Å². The van der Waals surface area contributed by atoms with E-state index >= 15 is 0 Å². The first-order valence-electron chi connectivity index (χ1n) is 11.8. The minimum atomic E-state index is -0.590. The van der Waals surface area contributed by atoms with Crippen LogP contribution in [0.5, 0.6) is 0 Å². The molecular weight excluding hydrogens is 393 g/mol. The van der Waals surface area contributed by atoms with Crippen LogP contribution < -0.4 is 16.8 Å². The number of guanidine groups is 1. The summed E-state index contributed by atoms with van der Waals surface area (Å²) in [7, 11) is 0. The zero-order valence-electron chi connectivity index (χ0n) is 18.5. The van der Waals surface area contributed by atoms with Gasteiger partial charge in [-0.05, 0) is 74.0 Å². The smallest absolute Gasteiger partial charge is 0.239 e. The highest BCUT2D eigenvalue weighted by atomic mass is 19.1. The van der Waals surface area contributed by atoms with Gasteiger partial charge in [-0.3, -0.25) is 10.2 Å². The number of hydrogen-bond acceptors (Lipinski definition) is 3. The summed E-state index contributed by atoms with van der Waals surface area (Å²) in [4.78, 5) is 14.9. The lowest BCUT2D eigenvalue weighted by molar-refractivity contribution is -0.136. The van der Waals surface area contributed by atoms with Gasteiger partial charge in [-0.15, -0.1) is 0 Å². The average molecular weight is 432 g/mol. The molecule has 1 aliphatic carbocycles. The first kappa shape index (κ1) is 23.5. The quantitative estimate of drug-likeness (QED) is 0.288. The molecule has 1 aromatic rings. The van der Waals surface area contributed by atoms with E-state index in [9.17, 15) is 9.18 Å². The number of nitrogens with one attached hydrogen (secondary N) is 2. The summed E-state index contributed by atoms with van der Waals surface area (Å²) in [5, 5.41) is 10.3. The number of carbonyl (C=O) groups excluding carboxylic acids is 1. The van der Waals surface area contributed by atoms with E-state index in [2.05, 4.69) is 5.32 Å². The SMILES string of the molecule is N=C(N)NCCCC1(C2CCCCC2)CCN(C(=O)C(N)Cc2ccc(F)cc2)CC1. The maximum atomic E-state index is 13.1. The second-order valence-electron chi connectivity index (χ2n) is 9.40. The highest BCUT2D eigenvalue weighted by Gasteiger charge is 2.42. The summed E-state index contributed by atoms with van der Waals surface area (Å²) in [5.41, 5.74) is 12.8. The topological polar surface area (TPSA) is 108 Å². The van der Waals surface area contributed by atoms with E-state index in [-0.39, 0.29) is 23.1 Å². The van der Waals surface area contributed by atoms with Gasteiger partial charge in [0.05, 0.1) is 6.04 Å². The number of carbonyl (C=O) groups is 1.